The average molecular weight is 263 g/mol. The van der Waals surface area contributed by atoms with Gasteiger partial charge in [0.15, 0.2) is 0 Å². The smallest absolute Gasteiger partial charge is 0.200 e. The first kappa shape index (κ1) is 11.9. The molecule has 1 aromatic rings. The lowest BCUT2D eigenvalue weighted by Gasteiger charge is -2.16. The molecule has 1 saturated heterocycles. The highest BCUT2D eigenvalue weighted by Crippen LogP contribution is 2.36. The van der Waals surface area contributed by atoms with E-state index in [-0.39, 0.29) is 0 Å². The monoisotopic (exact) mass is 263 g/mol. The van der Waals surface area contributed by atoms with Gasteiger partial charge in [-0.2, -0.15) is 0 Å². The van der Waals surface area contributed by atoms with Gasteiger partial charge in [0.1, 0.15) is 0 Å². The minimum atomic E-state index is -3.21. The highest BCUT2D eigenvalue weighted by atomic mass is 32.2. The molecule has 0 N–H and O–H groups in total. The molecule has 3 rings (SSSR count). The molecule has 1 aromatic carbocycles. The third-order valence-electron chi connectivity index (χ3n) is 3.75. The van der Waals surface area contributed by atoms with E-state index < -0.39 is 9.84 Å². The van der Waals surface area contributed by atoms with Crippen molar-refractivity contribution < 1.29 is 8.42 Å². The van der Waals surface area contributed by atoms with Crippen LogP contribution in [0.15, 0.2) is 28.5 Å². The molecule has 0 spiro atoms. The molecule has 2 aliphatic heterocycles. The number of hydrogen-bond acceptors (Lipinski definition) is 3. The summed E-state index contributed by atoms with van der Waals surface area (Å²) in [6.45, 7) is 4.91. The van der Waals surface area contributed by atoms with Crippen LogP contribution in [0.1, 0.15) is 24.0 Å². The number of rotatable bonds is 2. The Bertz CT molecular complexity index is 611. The van der Waals surface area contributed by atoms with Gasteiger partial charge in [0.05, 0.1) is 4.90 Å². The number of likely N-dealkylation sites (tertiary alicyclic amines) is 1. The van der Waals surface area contributed by atoms with Crippen molar-refractivity contribution in [3.05, 3.63) is 34.7 Å². The number of aryl methyl sites for hydroxylation is 1. The zero-order chi connectivity index (χ0) is 12.8. The van der Waals surface area contributed by atoms with Crippen LogP contribution in [0, 0.1) is 6.92 Å². The van der Waals surface area contributed by atoms with Gasteiger partial charge in [0.2, 0.25) is 9.84 Å². The van der Waals surface area contributed by atoms with Crippen molar-refractivity contribution in [2.24, 2.45) is 0 Å². The Kier molecular flexibility index (Phi) is 2.79. The Balaban J connectivity index is 2.02. The molecule has 0 saturated carbocycles. The molecule has 3 nitrogen and oxygen atoms in total. The third kappa shape index (κ3) is 1.89. The van der Waals surface area contributed by atoms with Crippen molar-refractivity contribution >= 4 is 15.4 Å². The van der Waals surface area contributed by atoms with Crippen LogP contribution in [-0.2, 0) is 9.84 Å². The van der Waals surface area contributed by atoms with Gasteiger partial charge in [0.25, 0.3) is 0 Å². The van der Waals surface area contributed by atoms with Crippen molar-refractivity contribution in [1.82, 2.24) is 4.90 Å². The number of fused-ring (bicyclic) bond motifs is 1. The third-order valence-corrected chi connectivity index (χ3v) is 5.30. The Morgan fingerprint density at radius 1 is 1.22 bits per heavy atom. The molecule has 0 atom stereocenters. The molecule has 2 aliphatic rings. The zero-order valence-corrected chi connectivity index (χ0v) is 11.3. The standard InChI is InChI=1S/C14H17NO2S/c1-11-5-4-6-13-14(11)12(10-18(13,16)17)9-15-7-2-3-8-15/h4-6,10H,2-3,7-9H2,1H3. The SMILES string of the molecule is Cc1cccc2c1C(CN1CCCC1)=CS2(=O)=O. The molecule has 0 unspecified atom stereocenters. The van der Waals surface area contributed by atoms with Crippen LogP contribution < -0.4 is 0 Å². The van der Waals surface area contributed by atoms with Crippen LogP contribution in [0.4, 0.5) is 0 Å². The summed E-state index contributed by atoms with van der Waals surface area (Å²) in [5, 5.41) is 1.46. The Morgan fingerprint density at radius 2 is 1.94 bits per heavy atom. The van der Waals surface area contributed by atoms with E-state index in [0.29, 0.717) is 4.90 Å². The lowest BCUT2D eigenvalue weighted by molar-refractivity contribution is 0.383. The van der Waals surface area contributed by atoms with Gasteiger partial charge in [-0.3, -0.25) is 4.90 Å². The molecule has 4 heteroatoms. The average Bonchev–Trinajstić information content (AvgIpc) is 2.88. The van der Waals surface area contributed by atoms with E-state index in [2.05, 4.69) is 4.90 Å². The van der Waals surface area contributed by atoms with E-state index in [9.17, 15) is 8.42 Å². The van der Waals surface area contributed by atoms with Crippen LogP contribution in [0.2, 0.25) is 0 Å². The quantitative estimate of drug-likeness (QED) is 0.821. The van der Waals surface area contributed by atoms with Crippen molar-refractivity contribution in [1.29, 1.82) is 0 Å². The van der Waals surface area contributed by atoms with Crippen LogP contribution >= 0.6 is 0 Å². The van der Waals surface area contributed by atoms with Gasteiger partial charge in [-0.25, -0.2) is 8.42 Å². The van der Waals surface area contributed by atoms with Crippen LogP contribution in [-0.4, -0.2) is 33.0 Å². The minimum absolute atomic E-state index is 0.483. The van der Waals surface area contributed by atoms with Gasteiger partial charge in [-0.1, -0.05) is 12.1 Å². The second kappa shape index (κ2) is 4.21. The molecular formula is C14H17NO2S. The molecule has 0 aliphatic carbocycles. The van der Waals surface area contributed by atoms with E-state index in [1.165, 1.54) is 18.2 Å². The van der Waals surface area contributed by atoms with E-state index in [4.69, 9.17) is 0 Å². The fraction of sp³-hybridized carbons (Fsp3) is 0.429. The highest BCUT2D eigenvalue weighted by Gasteiger charge is 2.29. The number of sulfone groups is 1. The summed E-state index contributed by atoms with van der Waals surface area (Å²) in [7, 11) is -3.21. The van der Waals surface area contributed by atoms with Crippen LogP contribution in [0.25, 0.3) is 5.57 Å². The maximum Gasteiger partial charge on any atom is 0.200 e. The topological polar surface area (TPSA) is 37.4 Å². The fourth-order valence-electron chi connectivity index (χ4n) is 2.90. The zero-order valence-electron chi connectivity index (χ0n) is 10.5. The first-order valence-corrected chi connectivity index (χ1v) is 7.90. The van der Waals surface area contributed by atoms with Gasteiger partial charge in [-0.15, -0.1) is 0 Å². The molecule has 0 radical (unpaired) electrons. The maximum absolute atomic E-state index is 12.1. The maximum atomic E-state index is 12.1. The minimum Gasteiger partial charge on any atom is -0.299 e. The van der Waals surface area contributed by atoms with Gasteiger partial charge < -0.3 is 0 Å². The van der Waals surface area contributed by atoms with E-state index >= 15 is 0 Å². The van der Waals surface area contributed by atoms with Gasteiger partial charge >= 0.3 is 0 Å². The molecule has 0 amide bonds. The van der Waals surface area contributed by atoms with E-state index in [1.54, 1.807) is 6.07 Å². The first-order valence-electron chi connectivity index (χ1n) is 6.36. The normalized spacial score (nSPS) is 21.9. The molecule has 96 valence electrons. The predicted molar refractivity (Wildman–Crippen MR) is 72.0 cm³/mol. The summed E-state index contributed by atoms with van der Waals surface area (Å²) in [6.07, 6.45) is 2.45. The second-order valence-electron chi connectivity index (χ2n) is 5.12. The summed E-state index contributed by atoms with van der Waals surface area (Å²) in [5.74, 6) is 0. The number of benzene rings is 1. The summed E-state index contributed by atoms with van der Waals surface area (Å²) < 4.78 is 24.2. The first-order chi connectivity index (χ1) is 8.58. The number of hydrogen-bond donors (Lipinski definition) is 0. The molecule has 2 heterocycles. The fourth-order valence-corrected chi connectivity index (χ4v) is 4.44. The predicted octanol–water partition coefficient (Wildman–Crippen LogP) is 2.22. The van der Waals surface area contributed by atoms with Crippen molar-refractivity contribution in [3.8, 4) is 0 Å². The number of nitrogens with zero attached hydrogens (tertiary/aromatic N) is 1. The van der Waals surface area contributed by atoms with Crippen LogP contribution in [0.5, 0.6) is 0 Å². The molecule has 18 heavy (non-hydrogen) atoms. The molecule has 0 aromatic heterocycles. The Labute approximate surface area is 108 Å². The molecule has 1 fully saturated rings. The van der Waals surface area contributed by atoms with Crippen LogP contribution in [0.3, 0.4) is 0 Å². The largest absolute Gasteiger partial charge is 0.299 e. The van der Waals surface area contributed by atoms with Gasteiger partial charge in [-0.05, 0) is 50.1 Å². The summed E-state index contributed by atoms with van der Waals surface area (Å²) in [4.78, 5) is 2.82. The lowest BCUT2D eigenvalue weighted by Crippen LogP contribution is -2.21. The summed E-state index contributed by atoms with van der Waals surface area (Å²) >= 11 is 0. The molecule has 0 bridgehead atoms. The summed E-state index contributed by atoms with van der Waals surface area (Å²) in [6, 6.07) is 5.51. The summed E-state index contributed by atoms with van der Waals surface area (Å²) in [5.41, 5.74) is 2.95. The highest BCUT2D eigenvalue weighted by molar-refractivity contribution is 7.95. The Hall–Kier alpha value is -1.13. The second-order valence-corrected chi connectivity index (χ2v) is 6.88. The molecular weight excluding hydrogens is 246 g/mol. The lowest BCUT2D eigenvalue weighted by atomic mass is 10.0. The van der Waals surface area contributed by atoms with Crippen molar-refractivity contribution in [2.75, 3.05) is 19.6 Å². The Morgan fingerprint density at radius 3 is 2.67 bits per heavy atom. The van der Waals surface area contributed by atoms with Crippen molar-refractivity contribution in [3.63, 3.8) is 0 Å². The van der Waals surface area contributed by atoms with E-state index in [0.717, 1.165) is 36.3 Å². The van der Waals surface area contributed by atoms with Crippen molar-refractivity contribution in [2.45, 2.75) is 24.7 Å². The van der Waals surface area contributed by atoms with E-state index in [1.807, 2.05) is 19.1 Å². The van der Waals surface area contributed by atoms with Gasteiger partial charge in [0, 0.05) is 17.5 Å².